The van der Waals surface area contributed by atoms with Crippen molar-refractivity contribution in [3.8, 4) is 0 Å². The predicted molar refractivity (Wildman–Crippen MR) is 65.6 cm³/mol. The Kier molecular flexibility index (Phi) is 4.87. The van der Waals surface area contributed by atoms with Crippen molar-refractivity contribution in [3.63, 3.8) is 0 Å². The van der Waals surface area contributed by atoms with Gasteiger partial charge in [-0.25, -0.2) is 0 Å². The summed E-state index contributed by atoms with van der Waals surface area (Å²) in [4.78, 5) is 35.9. The van der Waals surface area contributed by atoms with Crippen LogP contribution >= 0.6 is 0 Å². The molecule has 18 heavy (non-hydrogen) atoms. The van der Waals surface area contributed by atoms with Crippen molar-refractivity contribution in [3.05, 3.63) is 0 Å². The minimum absolute atomic E-state index is 0.0831. The molecule has 2 amide bonds. The number of hydrogen-bond acceptors (Lipinski definition) is 4. The average Bonchev–Trinajstić information content (AvgIpc) is 2.32. The van der Waals surface area contributed by atoms with Gasteiger partial charge in [0, 0.05) is 12.8 Å². The molecule has 0 aromatic carbocycles. The third-order valence-electron chi connectivity index (χ3n) is 3.37. The first-order chi connectivity index (χ1) is 8.38. The topological polar surface area (TPSA) is 63.7 Å². The predicted octanol–water partition coefficient (Wildman–Crippen LogP) is 1.50. The zero-order chi connectivity index (χ0) is 13.8. The van der Waals surface area contributed by atoms with E-state index >= 15 is 0 Å². The summed E-state index contributed by atoms with van der Waals surface area (Å²) in [5.74, 6) is -0.629. The van der Waals surface area contributed by atoms with Gasteiger partial charge in [0.25, 0.3) is 0 Å². The smallest absolute Gasteiger partial charge is 0.311 e. The van der Waals surface area contributed by atoms with Crippen molar-refractivity contribution in [2.75, 3.05) is 13.2 Å². The zero-order valence-electron chi connectivity index (χ0n) is 11.3. The molecule has 1 saturated heterocycles. The lowest BCUT2D eigenvalue weighted by Crippen LogP contribution is -2.42. The maximum atomic E-state index is 11.7. The second-order valence-corrected chi connectivity index (χ2v) is 5.17. The van der Waals surface area contributed by atoms with Gasteiger partial charge in [-0.05, 0) is 26.7 Å². The first-order valence-corrected chi connectivity index (χ1v) is 6.39. The van der Waals surface area contributed by atoms with Crippen molar-refractivity contribution in [2.24, 2.45) is 5.41 Å². The molecule has 1 aliphatic rings. The lowest BCUT2D eigenvalue weighted by atomic mass is 9.91. The number of likely N-dealkylation sites (tertiary alicyclic amines) is 1. The molecule has 0 bridgehead atoms. The maximum absolute atomic E-state index is 11.7. The number of amides is 2. The van der Waals surface area contributed by atoms with Crippen LogP contribution in [0.1, 0.15) is 46.5 Å². The van der Waals surface area contributed by atoms with Gasteiger partial charge in [0.2, 0.25) is 11.8 Å². The summed E-state index contributed by atoms with van der Waals surface area (Å²) in [6.07, 6.45) is 2.12. The first-order valence-electron chi connectivity index (χ1n) is 6.39. The molecule has 5 heteroatoms. The zero-order valence-corrected chi connectivity index (χ0v) is 11.3. The summed E-state index contributed by atoms with van der Waals surface area (Å²) in [6.45, 7) is 5.79. The Morgan fingerprint density at radius 2 is 1.83 bits per heavy atom. The van der Waals surface area contributed by atoms with Crippen LogP contribution in [0.3, 0.4) is 0 Å². The van der Waals surface area contributed by atoms with Gasteiger partial charge < -0.3 is 4.74 Å². The number of imide groups is 1. The molecule has 0 aromatic rings. The number of rotatable bonds is 5. The van der Waals surface area contributed by atoms with Crippen LogP contribution in [0.25, 0.3) is 0 Å². The second kappa shape index (κ2) is 5.98. The maximum Gasteiger partial charge on any atom is 0.311 e. The Morgan fingerprint density at radius 3 is 2.33 bits per heavy atom. The van der Waals surface area contributed by atoms with Gasteiger partial charge in [-0.2, -0.15) is 0 Å². The molecule has 0 radical (unpaired) electrons. The normalized spacial score (nSPS) is 16.9. The fraction of sp³-hybridized carbons (Fsp3) is 0.769. The third kappa shape index (κ3) is 3.55. The van der Waals surface area contributed by atoms with E-state index in [-0.39, 0.29) is 30.9 Å². The molecule has 0 N–H and O–H groups in total. The number of piperidine rings is 1. The fourth-order valence-electron chi connectivity index (χ4n) is 1.62. The van der Waals surface area contributed by atoms with Crippen LogP contribution in [0.2, 0.25) is 0 Å². The molecule has 0 spiro atoms. The number of hydrogen-bond donors (Lipinski definition) is 0. The van der Waals surface area contributed by atoms with Gasteiger partial charge in [0.1, 0.15) is 6.61 Å². The molecule has 0 unspecified atom stereocenters. The monoisotopic (exact) mass is 255 g/mol. The highest BCUT2D eigenvalue weighted by atomic mass is 16.5. The van der Waals surface area contributed by atoms with Crippen LogP contribution in [0.15, 0.2) is 0 Å². The molecule has 0 saturated carbocycles. The number of esters is 1. The highest BCUT2D eigenvalue weighted by Crippen LogP contribution is 2.21. The SMILES string of the molecule is CCC(C)(C)C(=O)OCCN1C(=O)CCCC1=O. The number of carbonyl (C=O) groups is 3. The van der Waals surface area contributed by atoms with Crippen LogP contribution in [-0.2, 0) is 19.1 Å². The molecule has 0 aromatic heterocycles. The number of ether oxygens (including phenoxy) is 1. The molecule has 1 heterocycles. The summed E-state index contributed by atoms with van der Waals surface area (Å²) in [6, 6.07) is 0. The number of nitrogens with zero attached hydrogens (tertiary/aromatic N) is 1. The summed E-state index contributed by atoms with van der Waals surface area (Å²) >= 11 is 0. The highest BCUT2D eigenvalue weighted by Gasteiger charge is 2.29. The van der Waals surface area contributed by atoms with Gasteiger partial charge in [-0.3, -0.25) is 19.3 Å². The van der Waals surface area contributed by atoms with E-state index in [9.17, 15) is 14.4 Å². The second-order valence-electron chi connectivity index (χ2n) is 5.17. The molecule has 0 atom stereocenters. The van der Waals surface area contributed by atoms with Crippen molar-refractivity contribution >= 4 is 17.8 Å². The summed E-state index contributed by atoms with van der Waals surface area (Å²) in [5.41, 5.74) is -0.518. The quantitative estimate of drug-likeness (QED) is 0.551. The lowest BCUT2D eigenvalue weighted by Gasteiger charge is -2.26. The molecular formula is C13H21NO4. The molecule has 102 valence electrons. The van der Waals surface area contributed by atoms with Crippen molar-refractivity contribution in [2.45, 2.75) is 46.5 Å². The Balaban J connectivity index is 2.39. The van der Waals surface area contributed by atoms with Crippen molar-refractivity contribution in [1.82, 2.24) is 4.90 Å². The first kappa shape index (κ1) is 14.7. The molecule has 1 fully saturated rings. The molecule has 5 nitrogen and oxygen atoms in total. The standard InChI is InChI=1S/C13H21NO4/c1-4-13(2,3)12(17)18-9-8-14-10(15)6-5-7-11(14)16/h4-9H2,1-3H3. The van der Waals surface area contributed by atoms with Crippen LogP contribution in [-0.4, -0.2) is 35.8 Å². The molecule has 1 aliphatic heterocycles. The Morgan fingerprint density at radius 1 is 1.28 bits per heavy atom. The summed E-state index contributed by atoms with van der Waals surface area (Å²) in [5, 5.41) is 0. The van der Waals surface area contributed by atoms with Crippen LogP contribution in [0, 0.1) is 5.41 Å². The lowest BCUT2D eigenvalue weighted by molar-refractivity contribution is -0.158. The summed E-state index contributed by atoms with van der Waals surface area (Å²) in [7, 11) is 0. The molecule has 1 rings (SSSR count). The minimum Gasteiger partial charge on any atom is -0.463 e. The van der Waals surface area contributed by atoms with Crippen LogP contribution < -0.4 is 0 Å². The van der Waals surface area contributed by atoms with Gasteiger partial charge in [-0.1, -0.05) is 6.92 Å². The van der Waals surface area contributed by atoms with Gasteiger partial charge in [-0.15, -0.1) is 0 Å². The largest absolute Gasteiger partial charge is 0.463 e. The van der Waals surface area contributed by atoms with Crippen molar-refractivity contribution < 1.29 is 19.1 Å². The van der Waals surface area contributed by atoms with Gasteiger partial charge in [0.05, 0.1) is 12.0 Å². The highest BCUT2D eigenvalue weighted by molar-refractivity contribution is 5.97. The van der Waals surface area contributed by atoms with Gasteiger partial charge in [0.15, 0.2) is 0 Å². The van der Waals surface area contributed by atoms with E-state index in [1.165, 1.54) is 4.90 Å². The summed E-state index contributed by atoms with van der Waals surface area (Å²) < 4.78 is 5.11. The van der Waals surface area contributed by atoms with Crippen LogP contribution in [0.5, 0.6) is 0 Å². The van der Waals surface area contributed by atoms with Crippen LogP contribution in [0.4, 0.5) is 0 Å². The van der Waals surface area contributed by atoms with E-state index in [0.717, 1.165) is 0 Å². The fourth-order valence-corrected chi connectivity index (χ4v) is 1.62. The molecular weight excluding hydrogens is 234 g/mol. The average molecular weight is 255 g/mol. The van der Waals surface area contributed by atoms with E-state index in [0.29, 0.717) is 25.7 Å². The van der Waals surface area contributed by atoms with Gasteiger partial charge >= 0.3 is 5.97 Å². The van der Waals surface area contributed by atoms with E-state index in [4.69, 9.17) is 4.74 Å². The molecule has 0 aliphatic carbocycles. The van der Waals surface area contributed by atoms with E-state index in [2.05, 4.69) is 0 Å². The minimum atomic E-state index is -0.518. The Hall–Kier alpha value is -1.39. The third-order valence-corrected chi connectivity index (χ3v) is 3.37. The number of carbonyl (C=O) groups excluding carboxylic acids is 3. The Labute approximate surface area is 107 Å². The van der Waals surface area contributed by atoms with E-state index < -0.39 is 5.41 Å². The van der Waals surface area contributed by atoms with E-state index in [1.807, 2.05) is 20.8 Å². The Bertz CT molecular complexity index is 333. The van der Waals surface area contributed by atoms with E-state index in [1.54, 1.807) is 0 Å². The van der Waals surface area contributed by atoms with Crippen molar-refractivity contribution in [1.29, 1.82) is 0 Å².